The molecule has 0 spiro atoms. The summed E-state index contributed by atoms with van der Waals surface area (Å²) in [6.07, 6.45) is 1.10. The van der Waals surface area contributed by atoms with Crippen LogP contribution < -0.4 is 11.1 Å². The number of para-hydroxylation sites is 1. The van der Waals surface area contributed by atoms with Gasteiger partial charge in [-0.15, -0.1) is 0 Å². The Kier molecular flexibility index (Phi) is 2.10. The molecule has 70 valence electrons. The van der Waals surface area contributed by atoms with E-state index in [1.807, 2.05) is 12.1 Å². The average molecular weight is 178 g/mol. The van der Waals surface area contributed by atoms with Gasteiger partial charge in [0, 0.05) is 6.54 Å². The minimum absolute atomic E-state index is 0.199. The maximum atomic E-state index is 9.42. The van der Waals surface area contributed by atoms with E-state index in [1.165, 1.54) is 0 Å². The van der Waals surface area contributed by atoms with Crippen molar-refractivity contribution in [1.82, 2.24) is 5.32 Å². The molecule has 1 saturated heterocycles. The van der Waals surface area contributed by atoms with Gasteiger partial charge in [0.15, 0.2) is 0 Å². The third-order valence-corrected chi connectivity index (χ3v) is 2.62. The number of phenols is 1. The molecule has 0 saturated carbocycles. The first-order valence-electron chi connectivity index (χ1n) is 4.57. The van der Waals surface area contributed by atoms with Gasteiger partial charge >= 0.3 is 0 Å². The molecule has 1 fully saturated rings. The maximum Gasteiger partial charge on any atom is 0.138 e. The number of nitrogens with one attached hydrogen (secondary N) is 1. The monoisotopic (exact) mass is 178 g/mol. The topological polar surface area (TPSA) is 58.3 Å². The predicted molar refractivity (Wildman–Crippen MR) is 52.7 cm³/mol. The molecular weight excluding hydrogens is 164 g/mol. The lowest BCUT2D eigenvalue weighted by molar-refractivity contribution is 0.477. The van der Waals surface area contributed by atoms with Crippen LogP contribution in [0.4, 0.5) is 5.69 Å². The standard InChI is InChI=1S/C10H14N2O/c11-10-8(2-1-3-9(10)13)7-4-5-12-6-7/h1-3,7,12-13H,4-6,11H2. The van der Waals surface area contributed by atoms with Crippen molar-refractivity contribution in [1.29, 1.82) is 0 Å². The van der Waals surface area contributed by atoms with E-state index in [-0.39, 0.29) is 5.75 Å². The Morgan fingerprint density at radius 2 is 2.31 bits per heavy atom. The SMILES string of the molecule is Nc1c(O)cccc1C1CCNC1. The fraction of sp³-hybridized carbons (Fsp3) is 0.400. The summed E-state index contributed by atoms with van der Waals surface area (Å²) < 4.78 is 0. The van der Waals surface area contributed by atoms with Crippen LogP contribution in [0.3, 0.4) is 0 Å². The van der Waals surface area contributed by atoms with Gasteiger partial charge in [0.05, 0.1) is 5.69 Å². The summed E-state index contributed by atoms with van der Waals surface area (Å²) in [5, 5.41) is 12.7. The lowest BCUT2D eigenvalue weighted by Gasteiger charge is -2.12. The van der Waals surface area contributed by atoms with Gasteiger partial charge in [0.25, 0.3) is 0 Å². The largest absolute Gasteiger partial charge is 0.506 e. The molecule has 3 heteroatoms. The summed E-state index contributed by atoms with van der Waals surface area (Å²) in [5.41, 5.74) is 7.40. The Morgan fingerprint density at radius 1 is 1.46 bits per heavy atom. The number of hydrogen-bond acceptors (Lipinski definition) is 3. The zero-order valence-corrected chi connectivity index (χ0v) is 7.46. The number of rotatable bonds is 1. The van der Waals surface area contributed by atoms with Gasteiger partial charge < -0.3 is 16.2 Å². The molecule has 1 aromatic carbocycles. The van der Waals surface area contributed by atoms with Crippen LogP contribution in [0, 0.1) is 0 Å². The molecule has 0 radical (unpaired) electrons. The number of nitrogen functional groups attached to an aromatic ring is 1. The molecule has 1 aliphatic rings. The van der Waals surface area contributed by atoms with Crippen molar-refractivity contribution < 1.29 is 5.11 Å². The second-order valence-corrected chi connectivity index (χ2v) is 3.47. The van der Waals surface area contributed by atoms with Crippen LogP contribution in [0.5, 0.6) is 5.75 Å². The zero-order valence-electron chi connectivity index (χ0n) is 7.46. The summed E-state index contributed by atoms with van der Waals surface area (Å²) >= 11 is 0. The molecule has 3 nitrogen and oxygen atoms in total. The van der Waals surface area contributed by atoms with E-state index in [1.54, 1.807) is 6.07 Å². The van der Waals surface area contributed by atoms with Crippen LogP contribution in [-0.2, 0) is 0 Å². The smallest absolute Gasteiger partial charge is 0.138 e. The van der Waals surface area contributed by atoms with Gasteiger partial charge in [-0.25, -0.2) is 0 Å². The Bertz CT molecular complexity index is 306. The van der Waals surface area contributed by atoms with Crippen molar-refractivity contribution in [2.24, 2.45) is 0 Å². The lowest BCUT2D eigenvalue weighted by atomic mass is 9.96. The molecule has 1 unspecified atom stereocenters. The van der Waals surface area contributed by atoms with Gasteiger partial charge in [0.1, 0.15) is 5.75 Å². The van der Waals surface area contributed by atoms with Gasteiger partial charge in [-0.2, -0.15) is 0 Å². The molecule has 1 atom stereocenters. The van der Waals surface area contributed by atoms with Crippen molar-refractivity contribution in [3.63, 3.8) is 0 Å². The molecule has 4 N–H and O–H groups in total. The average Bonchev–Trinajstić information content (AvgIpc) is 2.62. The molecular formula is C10H14N2O. The molecule has 13 heavy (non-hydrogen) atoms. The van der Waals surface area contributed by atoms with Gasteiger partial charge in [-0.1, -0.05) is 12.1 Å². The number of nitrogens with two attached hydrogens (primary N) is 1. The summed E-state index contributed by atoms with van der Waals surface area (Å²) in [6, 6.07) is 5.47. The molecule has 1 aromatic rings. The van der Waals surface area contributed by atoms with E-state index in [0.717, 1.165) is 25.1 Å². The minimum Gasteiger partial charge on any atom is -0.506 e. The highest BCUT2D eigenvalue weighted by molar-refractivity contribution is 5.59. The minimum atomic E-state index is 0.199. The lowest BCUT2D eigenvalue weighted by Crippen LogP contribution is -2.09. The van der Waals surface area contributed by atoms with E-state index >= 15 is 0 Å². The molecule has 0 aliphatic carbocycles. The normalized spacial score (nSPS) is 22.0. The van der Waals surface area contributed by atoms with Crippen molar-refractivity contribution in [3.05, 3.63) is 23.8 Å². The number of benzene rings is 1. The van der Waals surface area contributed by atoms with Crippen LogP contribution in [0.2, 0.25) is 0 Å². The molecule has 2 rings (SSSR count). The van der Waals surface area contributed by atoms with Crippen molar-refractivity contribution >= 4 is 5.69 Å². The predicted octanol–water partition coefficient (Wildman–Crippen LogP) is 1.05. The van der Waals surface area contributed by atoms with Crippen molar-refractivity contribution in [2.75, 3.05) is 18.8 Å². The first-order chi connectivity index (χ1) is 6.29. The molecule has 1 aliphatic heterocycles. The first kappa shape index (κ1) is 8.38. The van der Waals surface area contributed by atoms with E-state index in [0.29, 0.717) is 11.6 Å². The van der Waals surface area contributed by atoms with Crippen LogP contribution >= 0.6 is 0 Å². The fourth-order valence-electron chi connectivity index (χ4n) is 1.85. The number of hydrogen-bond donors (Lipinski definition) is 3. The van der Waals surface area contributed by atoms with E-state index in [9.17, 15) is 5.11 Å². The maximum absolute atomic E-state index is 9.42. The third kappa shape index (κ3) is 1.47. The first-order valence-corrected chi connectivity index (χ1v) is 4.57. The quantitative estimate of drug-likeness (QED) is 0.445. The molecule has 1 heterocycles. The van der Waals surface area contributed by atoms with Crippen LogP contribution in [0.1, 0.15) is 17.9 Å². The highest BCUT2D eigenvalue weighted by atomic mass is 16.3. The highest BCUT2D eigenvalue weighted by Crippen LogP contribution is 2.32. The van der Waals surface area contributed by atoms with Gasteiger partial charge in [-0.3, -0.25) is 0 Å². The van der Waals surface area contributed by atoms with Crippen molar-refractivity contribution in [3.8, 4) is 5.75 Å². The fourth-order valence-corrected chi connectivity index (χ4v) is 1.85. The van der Waals surface area contributed by atoms with Crippen LogP contribution in [-0.4, -0.2) is 18.2 Å². The molecule has 0 amide bonds. The van der Waals surface area contributed by atoms with Crippen LogP contribution in [0.15, 0.2) is 18.2 Å². The van der Waals surface area contributed by atoms with Gasteiger partial charge in [0.2, 0.25) is 0 Å². The Hall–Kier alpha value is -1.22. The molecule has 0 bridgehead atoms. The summed E-state index contributed by atoms with van der Waals surface area (Å²) in [7, 11) is 0. The summed E-state index contributed by atoms with van der Waals surface area (Å²) in [5.74, 6) is 0.663. The van der Waals surface area contributed by atoms with Gasteiger partial charge in [-0.05, 0) is 30.5 Å². The van der Waals surface area contributed by atoms with Crippen LogP contribution in [0.25, 0.3) is 0 Å². The Labute approximate surface area is 77.6 Å². The van der Waals surface area contributed by atoms with E-state index < -0.39 is 0 Å². The Morgan fingerprint density at radius 3 is 3.00 bits per heavy atom. The molecule has 0 aromatic heterocycles. The number of anilines is 1. The summed E-state index contributed by atoms with van der Waals surface area (Å²) in [6.45, 7) is 2.01. The highest BCUT2D eigenvalue weighted by Gasteiger charge is 2.19. The van der Waals surface area contributed by atoms with Crippen molar-refractivity contribution in [2.45, 2.75) is 12.3 Å². The second-order valence-electron chi connectivity index (χ2n) is 3.47. The third-order valence-electron chi connectivity index (χ3n) is 2.62. The Balaban J connectivity index is 2.33. The second kappa shape index (κ2) is 3.26. The summed E-state index contributed by atoms with van der Waals surface area (Å²) in [4.78, 5) is 0. The zero-order chi connectivity index (χ0) is 9.26. The number of phenolic OH excluding ortho intramolecular Hbond substituents is 1. The number of aromatic hydroxyl groups is 1. The van der Waals surface area contributed by atoms with E-state index in [4.69, 9.17) is 5.73 Å². The van der Waals surface area contributed by atoms with E-state index in [2.05, 4.69) is 5.32 Å².